The highest BCUT2D eigenvalue weighted by Gasteiger charge is 2.02. The number of ketones is 1. The van der Waals surface area contributed by atoms with Crippen LogP contribution in [-0.2, 0) is 14.3 Å². The molecule has 0 unspecified atom stereocenters. The average Bonchev–Trinajstić information content (AvgIpc) is 3.17. The summed E-state index contributed by atoms with van der Waals surface area (Å²) < 4.78 is 13.6. The van der Waals surface area contributed by atoms with Crippen molar-refractivity contribution in [3.05, 3.63) is 139 Å². The predicted molar refractivity (Wildman–Crippen MR) is 213 cm³/mol. The van der Waals surface area contributed by atoms with Gasteiger partial charge in [0.2, 0.25) is 0 Å². The number of carbonyl (C=O) groups is 3. The molecule has 0 aliphatic heterocycles. The lowest BCUT2D eigenvalue weighted by Gasteiger charge is -2.01. The Labute approximate surface area is 300 Å². The van der Waals surface area contributed by atoms with Gasteiger partial charge in [0, 0.05) is 0 Å². The second-order valence-electron chi connectivity index (χ2n) is 8.16. The van der Waals surface area contributed by atoms with E-state index >= 15 is 0 Å². The third kappa shape index (κ3) is 53.1. The number of rotatable bonds is 2. The van der Waals surface area contributed by atoms with Crippen LogP contribution < -0.4 is 4.74 Å². The van der Waals surface area contributed by atoms with Gasteiger partial charge in [0.1, 0.15) is 11.5 Å². The summed E-state index contributed by atoms with van der Waals surface area (Å²) in [5, 5.41) is 0. The second kappa shape index (κ2) is 52.8. The molecule has 49 heavy (non-hydrogen) atoms. The molecular weight excluding hydrogens is 612 g/mol. The van der Waals surface area contributed by atoms with Gasteiger partial charge >= 0.3 is 12.1 Å². The Bertz CT molecular complexity index is 1060. The van der Waals surface area contributed by atoms with E-state index in [1.807, 2.05) is 153 Å². The lowest BCUT2D eigenvalue weighted by molar-refractivity contribution is -0.115. The van der Waals surface area contributed by atoms with E-state index in [0.717, 1.165) is 5.56 Å². The Morgan fingerprint density at radius 3 is 1.08 bits per heavy atom. The van der Waals surface area contributed by atoms with Crippen LogP contribution in [0.3, 0.4) is 0 Å². The van der Waals surface area contributed by atoms with Crippen LogP contribution in [0.2, 0.25) is 0 Å². The highest BCUT2D eigenvalue weighted by atomic mass is 16.7. The highest BCUT2D eigenvalue weighted by molar-refractivity contribution is 5.89. The van der Waals surface area contributed by atoms with E-state index in [1.165, 1.54) is 34.5 Å². The smallest absolute Gasteiger partial charge is 0.465 e. The highest BCUT2D eigenvalue weighted by Crippen LogP contribution is 2.12. The summed E-state index contributed by atoms with van der Waals surface area (Å²) in [5.74, 6) is 0.377. The topological polar surface area (TPSA) is 78.9 Å². The van der Waals surface area contributed by atoms with E-state index in [-0.39, 0.29) is 11.8 Å². The fourth-order valence-corrected chi connectivity index (χ4v) is 2.28. The van der Waals surface area contributed by atoms with Gasteiger partial charge < -0.3 is 19.0 Å². The molecule has 0 atom stereocenters. The molecule has 4 aromatic carbocycles. The molecule has 0 aliphatic carbocycles. The van der Waals surface area contributed by atoms with Crippen LogP contribution in [0.1, 0.15) is 105 Å². The minimum absolute atomic E-state index is 0.167. The predicted octanol–water partition coefficient (Wildman–Crippen LogP) is 13.1. The Morgan fingerprint density at radius 2 is 0.816 bits per heavy atom. The fourth-order valence-electron chi connectivity index (χ4n) is 2.28. The first kappa shape index (κ1) is 56.6. The van der Waals surface area contributed by atoms with Gasteiger partial charge in [-0.2, -0.15) is 0 Å². The van der Waals surface area contributed by atoms with Crippen molar-refractivity contribution in [2.75, 3.05) is 14.2 Å². The van der Waals surface area contributed by atoms with Crippen molar-refractivity contribution in [3.8, 4) is 5.75 Å². The first-order valence-corrected chi connectivity index (χ1v) is 17.1. The minimum atomic E-state index is -0.694. The normalized spacial score (nSPS) is 7.41. The molecule has 0 saturated heterocycles. The van der Waals surface area contributed by atoms with Gasteiger partial charge in [0.25, 0.3) is 0 Å². The van der Waals surface area contributed by atoms with Crippen molar-refractivity contribution in [2.24, 2.45) is 0 Å². The van der Waals surface area contributed by atoms with Gasteiger partial charge in [0.15, 0.2) is 0 Å². The van der Waals surface area contributed by atoms with E-state index in [9.17, 15) is 14.4 Å². The van der Waals surface area contributed by atoms with Crippen LogP contribution in [0, 0.1) is 6.92 Å². The van der Waals surface area contributed by atoms with Gasteiger partial charge in [-0.25, -0.2) is 9.59 Å². The number of carbonyl (C=O) groups excluding carboxylic acids is 3. The summed E-state index contributed by atoms with van der Waals surface area (Å²) >= 11 is 0. The van der Waals surface area contributed by atoms with Crippen LogP contribution in [0.4, 0.5) is 4.79 Å². The monoisotopic (exact) mass is 681 g/mol. The van der Waals surface area contributed by atoms with E-state index in [1.54, 1.807) is 36.4 Å². The zero-order valence-corrected chi connectivity index (χ0v) is 33.3. The number of hydrogen-bond acceptors (Lipinski definition) is 6. The fraction of sp³-hybridized carbons (Fsp3) is 0.372. The van der Waals surface area contributed by atoms with Gasteiger partial charge in [0.05, 0.1) is 19.8 Å². The minimum Gasteiger partial charge on any atom is -0.465 e. The molecule has 6 nitrogen and oxygen atoms in total. The van der Waals surface area contributed by atoms with Crippen LogP contribution in [0.5, 0.6) is 5.75 Å². The maximum absolute atomic E-state index is 10.8. The second-order valence-corrected chi connectivity index (χ2v) is 8.16. The Balaban J connectivity index is -0.000000113. The van der Waals surface area contributed by atoms with E-state index in [2.05, 4.69) is 23.3 Å². The Kier molecular flexibility index (Phi) is 61.0. The molecule has 0 fully saturated rings. The largest absolute Gasteiger partial charge is 0.513 e. The summed E-state index contributed by atoms with van der Waals surface area (Å²) in [6, 6.07) is 40.1. The maximum Gasteiger partial charge on any atom is 0.513 e. The summed E-state index contributed by atoms with van der Waals surface area (Å²) in [6.07, 6.45) is 0.556. The average molecular weight is 681 g/mol. The van der Waals surface area contributed by atoms with Crippen molar-refractivity contribution in [2.45, 2.75) is 96.4 Å². The Hall–Kier alpha value is -4.71. The zero-order chi connectivity index (χ0) is 39.1. The first-order valence-electron chi connectivity index (χ1n) is 17.1. The molecule has 0 heterocycles. The number of hydrogen-bond donors (Lipinski definition) is 0. The van der Waals surface area contributed by atoms with Crippen molar-refractivity contribution < 1.29 is 28.6 Å². The molecule has 0 bridgehead atoms. The van der Waals surface area contributed by atoms with Crippen molar-refractivity contribution in [1.82, 2.24) is 0 Å². The van der Waals surface area contributed by atoms with E-state index in [0.29, 0.717) is 11.3 Å². The van der Waals surface area contributed by atoms with E-state index in [4.69, 9.17) is 4.74 Å². The van der Waals surface area contributed by atoms with Crippen LogP contribution in [-0.4, -0.2) is 32.1 Å². The summed E-state index contributed by atoms with van der Waals surface area (Å²) in [7, 11) is 2.65. The molecule has 4 rings (SSSR count). The van der Waals surface area contributed by atoms with Crippen molar-refractivity contribution in [1.29, 1.82) is 0 Å². The van der Waals surface area contributed by atoms with Gasteiger partial charge in [-0.3, -0.25) is 0 Å². The lowest BCUT2D eigenvalue weighted by Crippen LogP contribution is -2.06. The lowest BCUT2D eigenvalue weighted by atomic mass is 10.2. The van der Waals surface area contributed by atoms with Crippen LogP contribution in [0.15, 0.2) is 127 Å². The number of benzene rings is 4. The third-order valence-corrected chi connectivity index (χ3v) is 3.89. The molecule has 0 spiro atoms. The van der Waals surface area contributed by atoms with Crippen molar-refractivity contribution >= 4 is 17.9 Å². The molecule has 276 valence electrons. The van der Waals surface area contributed by atoms with Crippen LogP contribution >= 0.6 is 0 Å². The van der Waals surface area contributed by atoms with E-state index < -0.39 is 6.16 Å². The number of methoxy groups -OCH3 is 2. The molecule has 6 heteroatoms. The molecule has 0 aliphatic rings. The number of esters is 1. The molecule has 0 aromatic heterocycles. The quantitative estimate of drug-likeness (QED) is 0.155. The van der Waals surface area contributed by atoms with Crippen LogP contribution in [0.25, 0.3) is 0 Å². The molecule has 4 aromatic rings. The molecular formula is C43H68O6. The summed E-state index contributed by atoms with van der Waals surface area (Å²) in [6.45, 7) is 25.2. The first-order chi connectivity index (χ1) is 23.7. The summed E-state index contributed by atoms with van der Waals surface area (Å²) in [4.78, 5) is 30.9. The SMILES string of the molecule is CC.CC.CC.CC.CC(C)=O.CCC.COC(=O)Oc1cccc(C)c1.COC(=O)c1ccccc1.c1ccccc1.c1ccccc1. The molecule has 0 radical (unpaired) electrons. The maximum atomic E-state index is 10.8. The zero-order valence-electron chi connectivity index (χ0n) is 33.3. The molecule has 0 amide bonds. The number of aryl methyl sites for hydroxylation is 1. The van der Waals surface area contributed by atoms with Crippen molar-refractivity contribution in [3.63, 3.8) is 0 Å². The van der Waals surface area contributed by atoms with Gasteiger partial charge in [-0.15, -0.1) is 0 Å². The van der Waals surface area contributed by atoms with Gasteiger partial charge in [-0.05, 0) is 50.6 Å². The molecule has 0 saturated carbocycles. The van der Waals surface area contributed by atoms with Gasteiger partial charge in [-0.1, -0.05) is 179 Å². The molecule has 0 N–H and O–H groups in total. The summed E-state index contributed by atoms with van der Waals surface area (Å²) in [5.41, 5.74) is 1.63. The number of Topliss-reactive ketones (excluding diaryl/α,β-unsaturated/α-hetero) is 1. The third-order valence-electron chi connectivity index (χ3n) is 3.89. The standard InChI is InChI=1S/C9H10O3.C8H8O2.2C6H6.C3H6O.C3H8.4C2H6/c1-7-4-3-5-8(6-7)12-9(10)11-2;1-10-8(9)7-5-3-2-4-6-7;2*1-2-4-6-5-3-1;1-3(2)4;1-3-2;4*1-2/h3-6H,1-2H3;2-6H,1H3;2*1-6H;1-2H3;3H2,1-2H3;4*1-2H3. The Morgan fingerprint density at radius 1 is 0.510 bits per heavy atom. The number of ether oxygens (including phenoxy) is 3.